The molecule has 3 N–H and O–H groups in total. The minimum absolute atomic E-state index is 0.0377. The van der Waals surface area contributed by atoms with Crippen LogP contribution in [-0.2, 0) is 43.9 Å². The predicted molar refractivity (Wildman–Crippen MR) is 221 cm³/mol. The highest BCUT2D eigenvalue weighted by Gasteiger charge is 2.65. The fraction of sp³-hybridized carbons (Fsp3) is 0.667. The second-order valence-electron chi connectivity index (χ2n) is 15.9. The van der Waals surface area contributed by atoms with E-state index in [1.807, 2.05) is 0 Å². The summed E-state index contributed by atoms with van der Waals surface area (Å²) in [4.78, 5) is 14.9. The summed E-state index contributed by atoms with van der Waals surface area (Å²) in [5.41, 5.74) is 6.23. The van der Waals surface area contributed by atoms with Gasteiger partial charge < -0.3 is 34.3 Å². The van der Waals surface area contributed by atoms with Gasteiger partial charge in [-0.15, -0.1) is 0 Å². The van der Waals surface area contributed by atoms with E-state index in [0.717, 1.165) is 19.3 Å². The molecule has 2 aliphatic rings. The lowest BCUT2D eigenvalue weighted by atomic mass is 9.96. The van der Waals surface area contributed by atoms with Crippen molar-refractivity contribution in [2.75, 3.05) is 32.2 Å². The molecular weight excluding hydrogens is 799 g/mol. The van der Waals surface area contributed by atoms with E-state index in [1.165, 1.54) is 77.0 Å². The lowest BCUT2D eigenvalue weighted by Gasteiger charge is -2.29. The van der Waals surface area contributed by atoms with Gasteiger partial charge in [-0.05, 0) is 56.2 Å². The Balaban J connectivity index is 1.12. The van der Waals surface area contributed by atoms with Crippen LogP contribution in [0.3, 0.4) is 0 Å². The van der Waals surface area contributed by atoms with Gasteiger partial charge in [-0.2, -0.15) is 15.6 Å². The maximum Gasteiger partial charge on any atom is 0.472 e. The first-order valence-corrected chi connectivity index (χ1v) is 22.8. The summed E-state index contributed by atoms with van der Waals surface area (Å²) in [7, 11) is -4.81. The van der Waals surface area contributed by atoms with Gasteiger partial charge in [0.05, 0.1) is 37.1 Å². The zero-order valence-electron chi connectivity index (χ0n) is 34.6. The second-order valence-corrected chi connectivity index (χ2v) is 17.8. The molecule has 2 saturated heterocycles. The normalized spacial score (nSPS) is 22.5. The van der Waals surface area contributed by atoms with Gasteiger partial charge in [0.15, 0.2) is 11.6 Å². The monoisotopic (exact) mass is 858 g/mol. The summed E-state index contributed by atoms with van der Waals surface area (Å²) >= 11 is 6.20. The predicted octanol–water partition coefficient (Wildman–Crippen LogP) is 8.91. The number of unbranched alkanes of at least 4 members (excludes halogenated alkanes) is 13. The number of aromatic nitrogens is 3. The topological polar surface area (TPSA) is 206 Å². The minimum Gasteiger partial charge on any atom is -0.382 e. The molecule has 0 aliphatic carbocycles. The number of anilines is 1. The Bertz CT molecular complexity index is 1920. The molecule has 0 saturated carbocycles. The summed E-state index contributed by atoms with van der Waals surface area (Å²) in [5.74, 6) is -0.853. The number of hydrogen-bond donors (Lipinski definition) is 2. The number of hydrogen-bond acceptors (Lipinski definition) is 13. The van der Waals surface area contributed by atoms with E-state index >= 15 is 0 Å². The number of rotatable bonds is 27. The number of halogens is 1. The van der Waals surface area contributed by atoms with Crippen LogP contribution >= 0.6 is 19.4 Å². The molecule has 0 bridgehead atoms. The van der Waals surface area contributed by atoms with Gasteiger partial charge in [-0.3, -0.25) is 9.05 Å². The number of ether oxygens (including phenoxy) is 5. The van der Waals surface area contributed by atoms with Gasteiger partial charge in [-0.25, -0.2) is 14.1 Å². The first-order valence-electron chi connectivity index (χ1n) is 20.9. The summed E-state index contributed by atoms with van der Waals surface area (Å²) in [5, 5.41) is 24.6. The highest BCUT2D eigenvalue weighted by Crippen LogP contribution is 2.52. The molecule has 2 fully saturated rings. The van der Waals surface area contributed by atoms with Crippen LogP contribution in [0.1, 0.15) is 134 Å². The zero-order valence-corrected chi connectivity index (χ0v) is 36.2. The van der Waals surface area contributed by atoms with Crippen LogP contribution in [0.5, 0.6) is 0 Å². The summed E-state index contributed by atoms with van der Waals surface area (Å²) in [6.45, 7) is 5.19. The molecule has 2 aromatic heterocycles. The highest BCUT2D eigenvalue weighted by molar-refractivity contribution is 7.47. The molecule has 59 heavy (non-hydrogen) atoms. The van der Waals surface area contributed by atoms with E-state index in [9.17, 15) is 20.0 Å². The summed E-state index contributed by atoms with van der Waals surface area (Å²) < 4.78 is 56.4. The minimum atomic E-state index is -4.81. The number of phosphoric acid groups is 1. The van der Waals surface area contributed by atoms with E-state index in [0.29, 0.717) is 34.0 Å². The lowest BCUT2D eigenvalue weighted by Crippen LogP contribution is -2.45. The quantitative estimate of drug-likeness (QED) is 0.0543. The third kappa shape index (κ3) is 13.7. The first-order chi connectivity index (χ1) is 28.4. The van der Waals surface area contributed by atoms with Crippen molar-refractivity contribution < 1.29 is 42.2 Å². The Labute approximate surface area is 353 Å². The number of nitrogen functional groups attached to an aromatic ring is 1. The van der Waals surface area contributed by atoms with E-state index < -0.39 is 50.2 Å². The van der Waals surface area contributed by atoms with Crippen molar-refractivity contribution in [2.45, 2.75) is 153 Å². The van der Waals surface area contributed by atoms with E-state index in [-0.39, 0.29) is 25.6 Å². The van der Waals surface area contributed by atoms with Crippen molar-refractivity contribution >= 4 is 30.8 Å². The van der Waals surface area contributed by atoms with E-state index in [4.69, 9.17) is 50.1 Å². The van der Waals surface area contributed by atoms with Gasteiger partial charge in [0.25, 0.3) is 0 Å². The largest absolute Gasteiger partial charge is 0.472 e. The molecule has 0 amide bonds. The third-order valence-corrected chi connectivity index (χ3v) is 11.7. The average Bonchev–Trinajstić information content (AvgIpc) is 3.87. The SMILES string of the molecule is CCCCCCCCCCCCCCCCOC[C@@H](COP(=O)(O)OC[C@@]1(C#N)O[C@@H](c2ccc3c(N)ncnn23)[C@@H]2OC(C)(C)O[C@@H]21)OCc1cc(Cl)cc(C#N)c1. The fourth-order valence-corrected chi connectivity index (χ4v) is 8.59. The molecule has 324 valence electrons. The van der Waals surface area contributed by atoms with Gasteiger partial charge >= 0.3 is 7.82 Å². The van der Waals surface area contributed by atoms with Crippen molar-refractivity contribution in [3.05, 3.63) is 58.5 Å². The number of benzene rings is 1. The van der Waals surface area contributed by atoms with Crippen LogP contribution in [0, 0.1) is 22.7 Å². The van der Waals surface area contributed by atoms with Crippen LogP contribution in [-0.4, -0.2) is 75.6 Å². The van der Waals surface area contributed by atoms with Gasteiger partial charge in [0.2, 0.25) is 5.60 Å². The van der Waals surface area contributed by atoms with Gasteiger partial charge in [0.1, 0.15) is 48.9 Å². The lowest BCUT2D eigenvalue weighted by molar-refractivity contribution is -0.204. The zero-order chi connectivity index (χ0) is 42.3. The van der Waals surface area contributed by atoms with Crippen LogP contribution in [0.15, 0.2) is 36.7 Å². The smallest absolute Gasteiger partial charge is 0.382 e. The highest BCUT2D eigenvalue weighted by atomic mass is 35.5. The summed E-state index contributed by atoms with van der Waals surface area (Å²) in [6, 6.07) is 12.5. The Morgan fingerprint density at radius 1 is 0.949 bits per heavy atom. The second kappa shape index (κ2) is 22.6. The maximum atomic E-state index is 13.4. The molecule has 5 rings (SSSR count). The van der Waals surface area contributed by atoms with E-state index in [2.05, 4.69) is 29.1 Å². The number of nitrogens with two attached hydrogens (primary N) is 1. The number of nitrogens with zero attached hydrogens (tertiary/aromatic N) is 5. The average molecular weight is 859 g/mol. The van der Waals surface area contributed by atoms with Crippen molar-refractivity contribution in [1.82, 2.24) is 14.6 Å². The number of phosphoric ester groups is 1. The van der Waals surface area contributed by atoms with Crippen molar-refractivity contribution in [3.8, 4) is 12.1 Å². The Kier molecular flexibility index (Phi) is 18.0. The molecule has 0 spiro atoms. The Hall–Kier alpha value is -3.18. The molecule has 0 radical (unpaired) electrons. The fourth-order valence-electron chi connectivity index (χ4n) is 7.55. The maximum absolute atomic E-state index is 13.4. The standard InChI is InChI=1S/C42H60ClN6O9P/c1-4-5-6-7-8-9-10-11-12-13-14-15-16-17-20-52-26-34(53-25-32-21-31(24-44)22-33(43)23-32)27-54-59(50,51)55-29-42(28-45)39-38(56-41(2,3)58-39)37(57-42)35-18-19-36-40(46)47-30-48-49(35)36/h18-19,21-23,30,34,37-39H,4-17,20,25-27,29H2,1-3H3,(H,50,51)(H2,46,47,48)/t34-,37-,38-,39-,42+/m0/s1. The van der Waals surface area contributed by atoms with Crippen molar-refractivity contribution in [3.63, 3.8) is 0 Å². The molecular formula is C42H60ClN6O9P. The molecule has 6 atom stereocenters. The van der Waals surface area contributed by atoms with Crippen LogP contribution in [0.25, 0.3) is 5.52 Å². The molecule has 4 heterocycles. The van der Waals surface area contributed by atoms with Crippen molar-refractivity contribution in [2.24, 2.45) is 0 Å². The molecule has 15 nitrogen and oxygen atoms in total. The Morgan fingerprint density at radius 2 is 1.63 bits per heavy atom. The van der Waals surface area contributed by atoms with Crippen LogP contribution in [0.4, 0.5) is 5.82 Å². The Morgan fingerprint density at radius 3 is 2.29 bits per heavy atom. The van der Waals surface area contributed by atoms with Crippen molar-refractivity contribution in [1.29, 1.82) is 10.5 Å². The van der Waals surface area contributed by atoms with Crippen LogP contribution in [0.2, 0.25) is 5.02 Å². The van der Waals surface area contributed by atoms with Gasteiger partial charge in [0, 0.05) is 11.6 Å². The first kappa shape index (κ1) is 46.9. The molecule has 1 unspecified atom stereocenters. The number of fused-ring (bicyclic) bond motifs is 2. The third-order valence-electron chi connectivity index (χ3n) is 10.6. The summed E-state index contributed by atoms with van der Waals surface area (Å²) in [6.07, 6.45) is 15.3. The molecule has 1 aromatic carbocycles. The van der Waals surface area contributed by atoms with E-state index in [1.54, 1.807) is 48.7 Å². The van der Waals surface area contributed by atoms with Gasteiger partial charge in [-0.1, -0.05) is 102 Å². The molecule has 17 heteroatoms. The molecule has 2 aliphatic heterocycles. The molecule has 3 aromatic rings. The number of nitriles is 2. The van der Waals surface area contributed by atoms with Crippen LogP contribution < -0.4 is 5.73 Å².